The summed E-state index contributed by atoms with van der Waals surface area (Å²) in [5.41, 5.74) is 5.00. The van der Waals surface area contributed by atoms with Crippen molar-refractivity contribution in [3.8, 4) is 0 Å². The second kappa shape index (κ2) is 4.46. The first kappa shape index (κ1) is 10.3. The van der Waals surface area contributed by atoms with Gasteiger partial charge in [-0.15, -0.1) is 12.4 Å². The molecule has 0 aliphatic carbocycles. The van der Waals surface area contributed by atoms with Crippen LogP contribution in [0.2, 0.25) is 0 Å². The minimum absolute atomic E-state index is 0. The molecule has 3 N–H and O–H groups in total. The number of carboxylic acid groups (broad SMARTS) is 1. The van der Waals surface area contributed by atoms with Crippen LogP contribution in [-0.4, -0.2) is 11.1 Å². The number of hydrogen-bond donors (Lipinski definition) is 2. The van der Waals surface area contributed by atoms with Gasteiger partial charge in [0, 0.05) is 11.8 Å². The van der Waals surface area contributed by atoms with Gasteiger partial charge in [-0.1, -0.05) is 0 Å². The lowest BCUT2D eigenvalue weighted by atomic mass is 10.3. The van der Waals surface area contributed by atoms with Crippen LogP contribution in [0.25, 0.3) is 0 Å². The molecule has 48 valence electrons. The van der Waals surface area contributed by atoms with Crippen molar-refractivity contribution in [2.45, 2.75) is 6.92 Å². The second-order valence-electron chi connectivity index (χ2n) is 1.15. The van der Waals surface area contributed by atoms with E-state index in [2.05, 4.69) is 0 Å². The molecule has 8 heavy (non-hydrogen) atoms. The molecule has 0 aliphatic heterocycles. The van der Waals surface area contributed by atoms with E-state index in [1.54, 1.807) is 0 Å². The smallest absolute Gasteiger partial charge is 0.478 e. The van der Waals surface area contributed by atoms with Crippen molar-refractivity contribution in [1.82, 2.24) is 0 Å². The Balaban J connectivity index is -0.000000180. The molecule has 4 heteroatoms. The van der Waals surface area contributed by atoms with Crippen LogP contribution in [0.3, 0.4) is 0 Å². The van der Waals surface area contributed by atoms with E-state index in [4.69, 9.17) is 10.8 Å². The average Bonchev–Trinajstić information content (AvgIpc) is 1.65. The molecule has 3 nitrogen and oxygen atoms in total. The maximum absolute atomic E-state index is 9.78. The van der Waals surface area contributed by atoms with Crippen molar-refractivity contribution >= 4 is 18.4 Å². The summed E-state index contributed by atoms with van der Waals surface area (Å²) in [5, 5.41) is 8.03. The van der Waals surface area contributed by atoms with Gasteiger partial charge in [0.1, 0.15) is 0 Å². The van der Waals surface area contributed by atoms with E-state index < -0.39 is 5.97 Å². The highest BCUT2D eigenvalue weighted by Gasteiger charge is 1.94. The van der Waals surface area contributed by atoms with Crippen LogP contribution in [0.1, 0.15) is 8.35 Å². The lowest BCUT2D eigenvalue weighted by molar-refractivity contribution is -0.132. The second-order valence-corrected chi connectivity index (χ2v) is 1.15. The summed E-state index contributed by atoms with van der Waals surface area (Å²) in [6.07, 6.45) is 1.06. The molecule has 0 aromatic carbocycles. The molecule has 0 fully saturated rings. The number of halogens is 1. The highest BCUT2D eigenvalue weighted by Crippen LogP contribution is 1.84. The maximum atomic E-state index is 9.78. The summed E-state index contributed by atoms with van der Waals surface area (Å²) >= 11 is 0. The minimum atomic E-state index is -0.970. The Kier molecular flexibility index (Phi) is 5.75. The lowest BCUT2D eigenvalue weighted by Gasteiger charge is -1.84. The predicted octanol–water partition coefficient (Wildman–Crippen LogP) is 0.468. The Morgan fingerprint density at radius 1 is 1.88 bits per heavy atom. The monoisotopic (exact) mass is 138 g/mol. The molecule has 0 saturated heterocycles. The molecule has 0 unspecified atom stereocenters. The molecule has 0 amide bonds. The highest BCUT2D eigenvalue weighted by atomic mass is 35.5. The quantitative estimate of drug-likeness (QED) is 0.518. The van der Waals surface area contributed by atoms with Crippen LogP contribution in [0.15, 0.2) is 11.8 Å². The molecule has 0 aromatic rings. The summed E-state index contributed by atoms with van der Waals surface area (Å²) in [6, 6.07) is 0. The van der Waals surface area contributed by atoms with Gasteiger partial charge in [-0.25, -0.2) is 4.79 Å². The fraction of sp³-hybridized carbons (Fsp3) is 0.250. The van der Waals surface area contributed by atoms with E-state index in [0.717, 1.165) is 6.20 Å². The zero-order chi connectivity index (χ0) is 5.86. The van der Waals surface area contributed by atoms with E-state index in [-0.39, 0.29) is 19.4 Å². The van der Waals surface area contributed by atoms with E-state index in [0.29, 0.717) is 0 Å². The lowest BCUT2D eigenvalue weighted by Crippen LogP contribution is -1.98. The van der Waals surface area contributed by atoms with Crippen LogP contribution < -0.4 is 5.73 Å². The number of aliphatic carboxylic acids is 1. The maximum Gasteiger partial charge on any atom is 1.00 e. The Bertz CT molecular complexity index is 115. The molecule has 0 bridgehead atoms. The number of rotatable bonds is 1. The molecule has 0 atom stereocenters. The molecular formula is C4H9ClNO2+. The van der Waals surface area contributed by atoms with Crippen LogP contribution in [0, 0.1) is 0 Å². The molecule has 0 rings (SSSR count). The average molecular weight is 139 g/mol. The third-order valence-electron chi connectivity index (χ3n) is 0.587. The first-order chi connectivity index (χ1) is 3.18. The number of carboxylic acids is 1. The van der Waals surface area contributed by atoms with Gasteiger partial charge in [0.05, 0.1) is 0 Å². The largest absolute Gasteiger partial charge is 1.00 e. The van der Waals surface area contributed by atoms with Gasteiger partial charge in [0.25, 0.3) is 0 Å². The first-order valence-corrected chi connectivity index (χ1v) is 1.80. The zero-order valence-corrected chi connectivity index (χ0v) is 5.23. The van der Waals surface area contributed by atoms with Crippen molar-refractivity contribution in [2.24, 2.45) is 5.73 Å². The Labute approximate surface area is 55.1 Å². The topological polar surface area (TPSA) is 63.3 Å². The van der Waals surface area contributed by atoms with Gasteiger partial charge in [0.2, 0.25) is 0 Å². The van der Waals surface area contributed by atoms with Crippen molar-refractivity contribution < 1.29 is 11.3 Å². The number of nitrogens with two attached hydrogens (primary N) is 1. The van der Waals surface area contributed by atoms with E-state index in [1.807, 2.05) is 0 Å². The summed E-state index contributed by atoms with van der Waals surface area (Å²) < 4.78 is 0. The van der Waals surface area contributed by atoms with Gasteiger partial charge in [-0.3, -0.25) is 0 Å². The van der Waals surface area contributed by atoms with E-state index >= 15 is 0 Å². The third kappa shape index (κ3) is 3.49. The summed E-state index contributed by atoms with van der Waals surface area (Å²) in [6.45, 7) is 1.43. The highest BCUT2D eigenvalue weighted by molar-refractivity contribution is 5.85. The zero-order valence-electron chi connectivity index (χ0n) is 5.42. The fourth-order valence-electron chi connectivity index (χ4n) is 0.0713. The molecule has 0 heterocycles. The van der Waals surface area contributed by atoms with Crippen LogP contribution in [0.5, 0.6) is 0 Å². The fourth-order valence-corrected chi connectivity index (χ4v) is 0.0713. The Morgan fingerprint density at radius 3 is 2.25 bits per heavy atom. The van der Waals surface area contributed by atoms with Crippen LogP contribution >= 0.6 is 12.4 Å². The summed E-state index contributed by atoms with van der Waals surface area (Å²) in [7, 11) is 0. The molecule has 0 aromatic heterocycles. The molecular weight excluding hydrogens is 130 g/mol. The molecule has 0 aliphatic rings. The third-order valence-corrected chi connectivity index (χ3v) is 0.587. The molecule has 0 spiro atoms. The SMILES string of the molecule is C/C(=C\N)C(=O)O.Cl.[H+]. The van der Waals surface area contributed by atoms with Crippen molar-refractivity contribution in [3.05, 3.63) is 11.8 Å². The van der Waals surface area contributed by atoms with Crippen molar-refractivity contribution in [3.63, 3.8) is 0 Å². The van der Waals surface area contributed by atoms with Crippen LogP contribution in [0.4, 0.5) is 0 Å². The first-order valence-electron chi connectivity index (χ1n) is 1.80. The Hall–Kier alpha value is -0.700. The van der Waals surface area contributed by atoms with Crippen LogP contribution in [-0.2, 0) is 4.79 Å². The van der Waals surface area contributed by atoms with Crippen molar-refractivity contribution in [1.29, 1.82) is 0 Å². The normalized spacial score (nSPS) is 9.88. The standard InChI is InChI=1S/C4H7NO2.ClH/c1-3(2-5)4(6)7;/h2H,5H2,1H3,(H,6,7);1H/p+1/b3-2+;. The van der Waals surface area contributed by atoms with Gasteiger partial charge in [0.15, 0.2) is 0 Å². The van der Waals surface area contributed by atoms with Gasteiger partial charge < -0.3 is 10.8 Å². The minimum Gasteiger partial charge on any atom is -0.478 e. The van der Waals surface area contributed by atoms with E-state index in [9.17, 15) is 4.79 Å². The Morgan fingerprint density at radius 2 is 2.25 bits per heavy atom. The van der Waals surface area contributed by atoms with Gasteiger partial charge in [-0.05, 0) is 6.92 Å². The van der Waals surface area contributed by atoms with Gasteiger partial charge in [-0.2, -0.15) is 0 Å². The predicted molar refractivity (Wildman–Crippen MR) is 33.9 cm³/mol. The van der Waals surface area contributed by atoms with Gasteiger partial charge >= 0.3 is 7.40 Å². The number of hydrogen-bond acceptors (Lipinski definition) is 2. The van der Waals surface area contributed by atoms with Crippen molar-refractivity contribution in [2.75, 3.05) is 0 Å². The molecule has 0 saturated carbocycles. The summed E-state index contributed by atoms with van der Waals surface area (Å²) in [5.74, 6) is -0.970. The summed E-state index contributed by atoms with van der Waals surface area (Å²) in [4.78, 5) is 9.78. The molecule has 0 radical (unpaired) electrons. The van der Waals surface area contributed by atoms with E-state index in [1.165, 1.54) is 6.92 Å². The number of carbonyl (C=O) groups is 1.